The Labute approximate surface area is 125 Å². The average Bonchev–Trinajstić information content (AvgIpc) is 2.42. The number of carbonyl (C=O) groups is 1. The Morgan fingerprint density at radius 2 is 2.16 bits per heavy atom. The van der Waals surface area contributed by atoms with Gasteiger partial charge in [-0.05, 0) is 46.6 Å². The molecule has 1 aromatic carbocycles. The molecule has 1 amide bonds. The van der Waals surface area contributed by atoms with Gasteiger partial charge in [-0.15, -0.1) is 0 Å². The third-order valence-electron chi connectivity index (χ3n) is 2.73. The van der Waals surface area contributed by atoms with Crippen LogP contribution in [0.4, 0.5) is 0 Å². The molecule has 1 atom stereocenters. The van der Waals surface area contributed by atoms with Crippen molar-refractivity contribution in [3.63, 3.8) is 0 Å². The van der Waals surface area contributed by atoms with Gasteiger partial charge < -0.3 is 5.32 Å². The van der Waals surface area contributed by atoms with Crippen LogP contribution in [0.25, 0.3) is 0 Å². The molecule has 0 bridgehead atoms. The summed E-state index contributed by atoms with van der Waals surface area (Å²) in [5, 5.41) is 3.31. The molecule has 5 heteroatoms. The molecule has 1 aromatic heterocycles. The molecule has 0 aliphatic carbocycles. The maximum absolute atomic E-state index is 12.2. The molecule has 2 aromatic rings. The molecule has 0 saturated heterocycles. The second-order valence-electron chi connectivity index (χ2n) is 4.08. The third kappa shape index (κ3) is 3.33. The highest BCUT2D eigenvalue weighted by atomic mass is 79.9. The smallest absolute Gasteiger partial charge is 0.253 e. The average molecular weight is 340 g/mol. The summed E-state index contributed by atoms with van der Waals surface area (Å²) in [6.45, 7) is 1.90. The second kappa shape index (κ2) is 6.17. The normalized spacial score (nSPS) is 11.9. The monoisotopic (exact) mass is 338 g/mol. The molecule has 0 fully saturated rings. The standard InChI is InChI=1S/C14H12BrClN2O/c1-9(10-4-3-7-17-8-10)18-14(19)11-5-2-6-12(15)13(11)16/h2-9H,1H3,(H,18,19). The Kier molecular flexibility index (Phi) is 4.56. The summed E-state index contributed by atoms with van der Waals surface area (Å²) in [5.41, 5.74) is 1.40. The van der Waals surface area contributed by atoms with Crippen molar-refractivity contribution < 1.29 is 4.79 Å². The van der Waals surface area contributed by atoms with Crippen LogP contribution in [0.5, 0.6) is 0 Å². The predicted octanol–water partition coefficient (Wildman–Crippen LogP) is 3.99. The molecule has 0 aliphatic rings. The summed E-state index contributed by atoms with van der Waals surface area (Å²) >= 11 is 9.40. The molecule has 1 N–H and O–H groups in total. The van der Waals surface area contributed by atoms with Crippen molar-refractivity contribution in [1.82, 2.24) is 10.3 Å². The summed E-state index contributed by atoms with van der Waals surface area (Å²) in [5.74, 6) is -0.206. The zero-order valence-corrected chi connectivity index (χ0v) is 12.6. The Hall–Kier alpha value is -1.39. The molecule has 3 nitrogen and oxygen atoms in total. The Balaban J connectivity index is 2.16. The number of halogens is 2. The van der Waals surface area contributed by atoms with Crippen LogP contribution in [0, 0.1) is 0 Å². The zero-order chi connectivity index (χ0) is 13.8. The van der Waals surface area contributed by atoms with E-state index in [4.69, 9.17) is 11.6 Å². The lowest BCUT2D eigenvalue weighted by Crippen LogP contribution is -2.27. The van der Waals surface area contributed by atoms with Gasteiger partial charge in [0, 0.05) is 16.9 Å². The SMILES string of the molecule is CC(NC(=O)c1cccc(Br)c1Cl)c1cccnc1. The van der Waals surface area contributed by atoms with Crippen LogP contribution in [-0.2, 0) is 0 Å². The van der Waals surface area contributed by atoms with E-state index in [9.17, 15) is 4.79 Å². The van der Waals surface area contributed by atoms with Gasteiger partial charge in [0.05, 0.1) is 16.6 Å². The number of benzene rings is 1. The topological polar surface area (TPSA) is 42.0 Å². The van der Waals surface area contributed by atoms with E-state index in [1.807, 2.05) is 19.1 Å². The zero-order valence-electron chi connectivity index (χ0n) is 10.2. The molecular weight excluding hydrogens is 328 g/mol. The first kappa shape index (κ1) is 14.0. The lowest BCUT2D eigenvalue weighted by atomic mass is 10.1. The highest BCUT2D eigenvalue weighted by Crippen LogP contribution is 2.26. The number of hydrogen-bond donors (Lipinski definition) is 1. The Bertz CT molecular complexity index is 589. The number of rotatable bonds is 3. The molecule has 1 heterocycles. The van der Waals surface area contributed by atoms with E-state index >= 15 is 0 Å². The van der Waals surface area contributed by atoms with Gasteiger partial charge >= 0.3 is 0 Å². The first-order valence-corrected chi connectivity index (χ1v) is 6.91. The van der Waals surface area contributed by atoms with E-state index in [-0.39, 0.29) is 11.9 Å². The minimum absolute atomic E-state index is 0.128. The lowest BCUT2D eigenvalue weighted by molar-refractivity contribution is 0.0940. The number of hydrogen-bond acceptors (Lipinski definition) is 2. The van der Waals surface area contributed by atoms with E-state index < -0.39 is 0 Å². The van der Waals surface area contributed by atoms with Gasteiger partial charge in [-0.2, -0.15) is 0 Å². The fourth-order valence-electron chi connectivity index (χ4n) is 1.67. The van der Waals surface area contributed by atoms with E-state index in [0.717, 1.165) is 5.56 Å². The quantitative estimate of drug-likeness (QED) is 0.918. The van der Waals surface area contributed by atoms with Gasteiger partial charge in [0.1, 0.15) is 0 Å². The molecule has 0 radical (unpaired) electrons. The fraction of sp³-hybridized carbons (Fsp3) is 0.143. The van der Waals surface area contributed by atoms with Crippen molar-refractivity contribution in [2.75, 3.05) is 0 Å². The molecule has 1 unspecified atom stereocenters. The molecule has 2 rings (SSSR count). The van der Waals surface area contributed by atoms with Gasteiger partial charge in [0.25, 0.3) is 5.91 Å². The fourth-order valence-corrected chi connectivity index (χ4v) is 2.25. The highest BCUT2D eigenvalue weighted by Gasteiger charge is 2.15. The number of amides is 1. The predicted molar refractivity (Wildman–Crippen MR) is 79.3 cm³/mol. The van der Waals surface area contributed by atoms with Crippen LogP contribution in [0.15, 0.2) is 47.2 Å². The van der Waals surface area contributed by atoms with Crippen molar-refractivity contribution in [3.8, 4) is 0 Å². The summed E-state index contributed by atoms with van der Waals surface area (Å²) in [4.78, 5) is 16.2. The van der Waals surface area contributed by atoms with Crippen LogP contribution < -0.4 is 5.32 Å². The Morgan fingerprint density at radius 1 is 1.37 bits per heavy atom. The summed E-state index contributed by atoms with van der Waals surface area (Å²) < 4.78 is 0.704. The molecular formula is C14H12BrClN2O. The van der Waals surface area contributed by atoms with Crippen molar-refractivity contribution in [2.24, 2.45) is 0 Å². The largest absolute Gasteiger partial charge is 0.345 e. The molecule has 0 spiro atoms. The first-order chi connectivity index (χ1) is 9.09. The highest BCUT2D eigenvalue weighted by molar-refractivity contribution is 9.10. The summed E-state index contributed by atoms with van der Waals surface area (Å²) in [6, 6.07) is 8.89. The van der Waals surface area contributed by atoms with Gasteiger partial charge in [0.15, 0.2) is 0 Å². The van der Waals surface area contributed by atoms with E-state index in [1.165, 1.54) is 0 Å². The number of nitrogens with one attached hydrogen (secondary N) is 1. The number of carbonyl (C=O) groups excluding carboxylic acids is 1. The van der Waals surface area contributed by atoms with Crippen molar-refractivity contribution >= 4 is 33.4 Å². The van der Waals surface area contributed by atoms with Crippen LogP contribution in [0.1, 0.15) is 28.9 Å². The number of nitrogens with zero attached hydrogens (tertiary/aromatic N) is 1. The Morgan fingerprint density at radius 3 is 2.84 bits per heavy atom. The maximum atomic E-state index is 12.2. The molecule has 98 valence electrons. The van der Waals surface area contributed by atoms with Crippen LogP contribution in [-0.4, -0.2) is 10.9 Å². The van der Waals surface area contributed by atoms with E-state index in [2.05, 4.69) is 26.2 Å². The van der Waals surface area contributed by atoms with Crippen molar-refractivity contribution in [1.29, 1.82) is 0 Å². The lowest BCUT2D eigenvalue weighted by Gasteiger charge is -2.14. The van der Waals surface area contributed by atoms with Gasteiger partial charge in [-0.3, -0.25) is 9.78 Å². The van der Waals surface area contributed by atoms with Gasteiger partial charge in [0.2, 0.25) is 0 Å². The summed E-state index contributed by atoms with van der Waals surface area (Å²) in [6.07, 6.45) is 3.43. The van der Waals surface area contributed by atoms with Crippen LogP contribution >= 0.6 is 27.5 Å². The van der Waals surface area contributed by atoms with Gasteiger partial charge in [-0.25, -0.2) is 0 Å². The number of pyridine rings is 1. The summed E-state index contributed by atoms with van der Waals surface area (Å²) in [7, 11) is 0. The van der Waals surface area contributed by atoms with Crippen molar-refractivity contribution in [3.05, 3.63) is 63.3 Å². The van der Waals surface area contributed by atoms with Gasteiger partial charge in [-0.1, -0.05) is 23.7 Å². The molecule has 0 aliphatic heterocycles. The van der Waals surface area contributed by atoms with Crippen LogP contribution in [0.2, 0.25) is 5.02 Å². The molecule has 19 heavy (non-hydrogen) atoms. The minimum atomic E-state index is -0.206. The van der Waals surface area contributed by atoms with E-state index in [0.29, 0.717) is 15.1 Å². The van der Waals surface area contributed by atoms with Crippen LogP contribution in [0.3, 0.4) is 0 Å². The van der Waals surface area contributed by atoms with E-state index in [1.54, 1.807) is 30.6 Å². The maximum Gasteiger partial charge on any atom is 0.253 e. The minimum Gasteiger partial charge on any atom is -0.345 e. The molecule has 0 saturated carbocycles. The van der Waals surface area contributed by atoms with Crippen molar-refractivity contribution in [2.45, 2.75) is 13.0 Å². The third-order valence-corrected chi connectivity index (χ3v) is 4.02. The first-order valence-electron chi connectivity index (χ1n) is 5.74. The second-order valence-corrected chi connectivity index (χ2v) is 5.32. The number of aromatic nitrogens is 1.